The van der Waals surface area contributed by atoms with Gasteiger partial charge in [0.1, 0.15) is 11.6 Å². The van der Waals surface area contributed by atoms with Gasteiger partial charge in [-0.1, -0.05) is 18.2 Å². The van der Waals surface area contributed by atoms with E-state index in [2.05, 4.69) is 10.1 Å². The van der Waals surface area contributed by atoms with E-state index in [1.807, 2.05) is 0 Å². The van der Waals surface area contributed by atoms with Crippen molar-refractivity contribution in [1.29, 1.82) is 0 Å². The topological polar surface area (TPSA) is 57.0 Å². The van der Waals surface area contributed by atoms with Gasteiger partial charge in [0.2, 0.25) is 0 Å². The smallest absolute Gasteiger partial charge is 0.378 e. The molecule has 0 unspecified atom stereocenters. The van der Waals surface area contributed by atoms with Crippen LogP contribution < -0.4 is 0 Å². The van der Waals surface area contributed by atoms with E-state index in [4.69, 9.17) is 4.74 Å². The van der Waals surface area contributed by atoms with E-state index >= 15 is 0 Å². The van der Waals surface area contributed by atoms with Crippen molar-refractivity contribution in [3.8, 4) is 0 Å². The van der Waals surface area contributed by atoms with Crippen molar-refractivity contribution < 1.29 is 13.9 Å². The summed E-state index contributed by atoms with van der Waals surface area (Å²) in [4.78, 5) is 15.8. The molecule has 6 heteroatoms. The van der Waals surface area contributed by atoms with Crippen molar-refractivity contribution in [1.82, 2.24) is 14.8 Å². The van der Waals surface area contributed by atoms with Crippen LogP contribution in [0.2, 0.25) is 0 Å². The molecule has 0 amide bonds. The van der Waals surface area contributed by atoms with Gasteiger partial charge in [-0.2, -0.15) is 0 Å². The first-order valence-electron chi connectivity index (χ1n) is 6.57. The molecule has 104 valence electrons. The highest BCUT2D eigenvalue weighted by atomic mass is 19.1. The van der Waals surface area contributed by atoms with E-state index in [0.29, 0.717) is 17.8 Å². The molecule has 0 N–H and O–H groups in total. The van der Waals surface area contributed by atoms with E-state index in [9.17, 15) is 9.18 Å². The zero-order chi connectivity index (χ0) is 14.1. The Morgan fingerprint density at radius 1 is 1.50 bits per heavy atom. The molecule has 0 saturated heterocycles. The molecule has 1 aromatic carbocycles. The Kier molecular flexibility index (Phi) is 3.22. The van der Waals surface area contributed by atoms with E-state index in [1.54, 1.807) is 29.8 Å². The van der Waals surface area contributed by atoms with Gasteiger partial charge in [-0.25, -0.2) is 18.9 Å². The number of halogens is 1. The Bertz CT molecular complexity index is 654. The molecule has 0 fully saturated rings. The molecule has 2 heterocycles. The highest BCUT2D eigenvalue weighted by molar-refractivity contribution is 5.85. The average Bonchev–Trinajstić information content (AvgIpc) is 3.00. The van der Waals surface area contributed by atoms with Gasteiger partial charge in [0, 0.05) is 12.0 Å². The lowest BCUT2D eigenvalue weighted by molar-refractivity contribution is 0.0511. The first-order valence-corrected chi connectivity index (χ1v) is 6.57. The minimum Gasteiger partial charge on any atom is -0.460 e. The molecule has 0 saturated carbocycles. The molecule has 20 heavy (non-hydrogen) atoms. The number of ether oxygens (including phenoxy) is 1. The number of esters is 1. The van der Waals surface area contributed by atoms with Crippen LogP contribution in [0.5, 0.6) is 0 Å². The lowest BCUT2D eigenvalue weighted by atomic mass is 10.0. The van der Waals surface area contributed by atoms with Crippen LogP contribution in [0, 0.1) is 5.82 Å². The quantitative estimate of drug-likeness (QED) is 0.805. The lowest BCUT2D eigenvalue weighted by Crippen LogP contribution is -2.12. The second-order valence-electron chi connectivity index (χ2n) is 4.59. The van der Waals surface area contributed by atoms with Gasteiger partial charge in [0.05, 0.1) is 12.6 Å². The first-order chi connectivity index (χ1) is 9.70. The van der Waals surface area contributed by atoms with Crippen LogP contribution in [0.1, 0.15) is 41.4 Å². The highest BCUT2D eigenvalue weighted by Gasteiger charge is 2.30. The molecule has 5 nitrogen and oxygen atoms in total. The van der Waals surface area contributed by atoms with Crippen molar-refractivity contribution in [3.63, 3.8) is 0 Å². The first kappa shape index (κ1) is 12.8. The van der Waals surface area contributed by atoms with Gasteiger partial charge < -0.3 is 4.74 Å². The Morgan fingerprint density at radius 3 is 3.05 bits per heavy atom. The van der Waals surface area contributed by atoms with Crippen LogP contribution in [0.15, 0.2) is 24.3 Å². The molecule has 1 aliphatic rings. The summed E-state index contributed by atoms with van der Waals surface area (Å²) in [5.74, 6) is -0.0654. The summed E-state index contributed by atoms with van der Waals surface area (Å²) in [7, 11) is 0. The van der Waals surface area contributed by atoms with E-state index in [1.165, 1.54) is 6.07 Å². The number of rotatable bonds is 3. The Balaban J connectivity index is 1.94. The third-order valence-electron chi connectivity index (χ3n) is 3.36. The fraction of sp³-hybridized carbons (Fsp3) is 0.357. The molecule has 3 rings (SSSR count). The summed E-state index contributed by atoms with van der Waals surface area (Å²) in [6.45, 7) is 2.00. The zero-order valence-corrected chi connectivity index (χ0v) is 11.0. The highest BCUT2D eigenvalue weighted by Crippen LogP contribution is 2.31. The number of aromatic nitrogens is 3. The Morgan fingerprint density at radius 2 is 2.30 bits per heavy atom. The number of carbonyl (C=O) groups is 1. The van der Waals surface area contributed by atoms with Crippen LogP contribution in [-0.2, 0) is 11.2 Å². The van der Waals surface area contributed by atoms with Crippen LogP contribution in [0.25, 0.3) is 0 Å². The predicted molar refractivity (Wildman–Crippen MR) is 68.8 cm³/mol. The number of hydrogen-bond acceptors (Lipinski definition) is 4. The standard InChI is InChI=1S/C14H14FN3O2/c1-2-20-14(19)13-16-12-8-7-11(18(12)17-13)9-5-3-4-6-10(9)15/h3-6,11H,2,7-8H2,1H3/t11-/m0/s1. The van der Waals surface area contributed by atoms with Gasteiger partial charge in [-0.15, -0.1) is 5.10 Å². The van der Waals surface area contributed by atoms with E-state index < -0.39 is 5.97 Å². The minimum atomic E-state index is -0.540. The fourth-order valence-electron chi connectivity index (χ4n) is 2.48. The van der Waals surface area contributed by atoms with E-state index in [0.717, 1.165) is 6.42 Å². The SMILES string of the molecule is CCOC(=O)c1nc2n(n1)[C@H](c1ccccc1F)CC2. The molecule has 0 spiro atoms. The average molecular weight is 275 g/mol. The summed E-state index contributed by atoms with van der Waals surface area (Å²) < 4.78 is 20.4. The second kappa shape index (κ2) is 5.03. The third-order valence-corrected chi connectivity index (χ3v) is 3.36. The van der Waals surface area contributed by atoms with Crippen LogP contribution in [-0.4, -0.2) is 27.3 Å². The number of carbonyl (C=O) groups excluding carboxylic acids is 1. The van der Waals surface area contributed by atoms with Crippen molar-refractivity contribution in [2.45, 2.75) is 25.8 Å². The van der Waals surface area contributed by atoms with Crippen LogP contribution >= 0.6 is 0 Å². The van der Waals surface area contributed by atoms with Crippen molar-refractivity contribution in [2.24, 2.45) is 0 Å². The molecular weight excluding hydrogens is 261 g/mol. The summed E-state index contributed by atoms with van der Waals surface area (Å²) in [5, 5.41) is 4.17. The van der Waals surface area contributed by atoms with Gasteiger partial charge in [0.15, 0.2) is 0 Å². The number of hydrogen-bond donors (Lipinski definition) is 0. The van der Waals surface area contributed by atoms with Crippen LogP contribution in [0.4, 0.5) is 4.39 Å². The largest absolute Gasteiger partial charge is 0.460 e. The number of nitrogens with zero attached hydrogens (tertiary/aromatic N) is 3. The molecule has 1 aromatic heterocycles. The summed E-state index contributed by atoms with van der Waals surface area (Å²) in [6.07, 6.45) is 1.41. The number of fused-ring (bicyclic) bond motifs is 1. The molecule has 1 atom stereocenters. The van der Waals surface area contributed by atoms with Gasteiger partial charge in [0.25, 0.3) is 5.82 Å². The molecule has 1 aliphatic heterocycles. The Hall–Kier alpha value is -2.24. The molecule has 2 aromatic rings. The maximum atomic E-state index is 13.9. The van der Waals surface area contributed by atoms with Crippen molar-refractivity contribution in [2.75, 3.05) is 6.61 Å². The normalized spacial score (nSPS) is 17.0. The maximum absolute atomic E-state index is 13.9. The predicted octanol–water partition coefficient (Wildman–Crippen LogP) is 2.13. The number of benzene rings is 1. The second-order valence-corrected chi connectivity index (χ2v) is 4.59. The molecular formula is C14H14FN3O2. The van der Waals surface area contributed by atoms with Gasteiger partial charge in [-0.05, 0) is 19.4 Å². The third kappa shape index (κ3) is 2.07. The van der Waals surface area contributed by atoms with Gasteiger partial charge >= 0.3 is 5.97 Å². The van der Waals surface area contributed by atoms with Crippen molar-refractivity contribution >= 4 is 5.97 Å². The zero-order valence-electron chi connectivity index (χ0n) is 11.0. The monoisotopic (exact) mass is 275 g/mol. The maximum Gasteiger partial charge on any atom is 0.378 e. The fourth-order valence-corrected chi connectivity index (χ4v) is 2.48. The summed E-state index contributed by atoms with van der Waals surface area (Å²) >= 11 is 0. The summed E-state index contributed by atoms with van der Waals surface area (Å²) in [5.41, 5.74) is 0.576. The molecule has 0 bridgehead atoms. The summed E-state index contributed by atoms with van der Waals surface area (Å²) in [6, 6.07) is 6.40. The molecule has 0 radical (unpaired) electrons. The minimum absolute atomic E-state index is 0.0443. The van der Waals surface area contributed by atoms with Crippen molar-refractivity contribution in [3.05, 3.63) is 47.3 Å². The molecule has 0 aliphatic carbocycles. The lowest BCUT2D eigenvalue weighted by Gasteiger charge is -2.12. The Labute approximate surface area is 115 Å². The number of aryl methyl sites for hydroxylation is 1. The van der Waals surface area contributed by atoms with E-state index in [-0.39, 0.29) is 24.3 Å². The van der Waals surface area contributed by atoms with Gasteiger partial charge in [-0.3, -0.25) is 0 Å². The van der Waals surface area contributed by atoms with Crippen LogP contribution in [0.3, 0.4) is 0 Å².